The summed E-state index contributed by atoms with van der Waals surface area (Å²) in [4.78, 5) is 26.1. The van der Waals surface area contributed by atoms with Crippen LogP contribution in [0.2, 0.25) is 0 Å². The van der Waals surface area contributed by atoms with Gasteiger partial charge in [0.25, 0.3) is 11.5 Å². The molecule has 0 bridgehead atoms. The molecule has 3 aromatic rings. The lowest BCUT2D eigenvalue weighted by molar-refractivity contribution is 0.102. The molecule has 0 saturated heterocycles. The van der Waals surface area contributed by atoms with Crippen molar-refractivity contribution in [3.8, 4) is 5.75 Å². The minimum Gasteiger partial charge on any atom is -0.506 e. The molecule has 160 valence electrons. The zero-order valence-electron chi connectivity index (χ0n) is 17.6. The van der Waals surface area contributed by atoms with Gasteiger partial charge in [0, 0.05) is 18.4 Å². The molecule has 0 radical (unpaired) electrons. The maximum Gasteiger partial charge on any atom is 0.267 e. The lowest BCUT2D eigenvalue weighted by Gasteiger charge is -2.14. The van der Waals surface area contributed by atoms with Crippen molar-refractivity contribution in [2.45, 2.75) is 59.4 Å². The van der Waals surface area contributed by atoms with Crippen LogP contribution in [-0.2, 0) is 13.0 Å². The highest BCUT2D eigenvalue weighted by atomic mass is 32.1. The lowest BCUT2D eigenvalue weighted by Crippen LogP contribution is -2.30. The van der Waals surface area contributed by atoms with E-state index in [1.165, 1.54) is 11.3 Å². The molecule has 0 aliphatic rings. The number of amides is 1. The average Bonchev–Trinajstić information content (AvgIpc) is 3.13. The number of aromatic nitrogens is 3. The number of rotatable bonds is 9. The summed E-state index contributed by atoms with van der Waals surface area (Å²) in [5.41, 5.74) is -0.125. The van der Waals surface area contributed by atoms with Gasteiger partial charge >= 0.3 is 0 Å². The molecule has 0 spiro atoms. The van der Waals surface area contributed by atoms with E-state index < -0.39 is 11.5 Å². The molecule has 0 atom stereocenters. The second-order valence-electron chi connectivity index (χ2n) is 7.81. The lowest BCUT2D eigenvalue weighted by atomic mass is 10.1. The minimum absolute atomic E-state index is 0.259. The highest BCUT2D eigenvalue weighted by Gasteiger charge is 2.23. The Labute approximate surface area is 179 Å². The van der Waals surface area contributed by atoms with Gasteiger partial charge in [0.2, 0.25) is 5.13 Å². The first kappa shape index (κ1) is 22.0. The number of para-hydroxylation sites is 1. The number of hydrogen-bond donors (Lipinski definition) is 2. The fourth-order valence-corrected chi connectivity index (χ4v) is 4.36. The number of carbonyl (C=O) groups excluding carboxylic acids is 1. The van der Waals surface area contributed by atoms with Gasteiger partial charge in [-0.05, 0) is 24.5 Å². The summed E-state index contributed by atoms with van der Waals surface area (Å²) >= 11 is 1.28. The number of aromatic hydroxyl groups is 1. The van der Waals surface area contributed by atoms with Crippen molar-refractivity contribution in [3.05, 3.63) is 45.2 Å². The Hall–Kier alpha value is -2.74. The number of fused-ring (bicyclic) bond motifs is 1. The molecule has 0 aliphatic heterocycles. The second kappa shape index (κ2) is 9.84. The molecule has 0 unspecified atom stereocenters. The van der Waals surface area contributed by atoms with E-state index in [-0.39, 0.29) is 11.3 Å². The highest BCUT2D eigenvalue weighted by molar-refractivity contribution is 7.15. The molecule has 2 N–H and O–H groups in total. The smallest absolute Gasteiger partial charge is 0.267 e. The van der Waals surface area contributed by atoms with Crippen molar-refractivity contribution < 1.29 is 9.90 Å². The molecular weight excluding hydrogens is 400 g/mol. The Morgan fingerprint density at radius 3 is 2.70 bits per heavy atom. The molecule has 0 saturated carbocycles. The van der Waals surface area contributed by atoms with Crippen LogP contribution in [0.15, 0.2) is 29.1 Å². The summed E-state index contributed by atoms with van der Waals surface area (Å²) in [5.74, 6) is -0.548. The van der Waals surface area contributed by atoms with Gasteiger partial charge in [-0.15, -0.1) is 10.2 Å². The normalized spacial score (nSPS) is 11.3. The van der Waals surface area contributed by atoms with Crippen molar-refractivity contribution in [3.63, 3.8) is 0 Å². The Bertz CT molecular complexity index is 1090. The van der Waals surface area contributed by atoms with Crippen molar-refractivity contribution >= 4 is 33.3 Å². The molecule has 7 nitrogen and oxygen atoms in total. The largest absolute Gasteiger partial charge is 0.506 e. The summed E-state index contributed by atoms with van der Waals surface area (Å²) in [6, 6.07) is 7.11. The fraction of sp³-hybridized carbons (Fsp3) is 0.455. The zero-order chi connectivity index (χ0) is 21.7. The van der Waals surface area contributed by atoms with Crippen molar-refractivity contribution in [2.24, 2.45) is 5.92 Å². The van der Waals surface area contributed by atoms with E-state index in [0.29, 0.717) is 28.5 Å². The van der Waals surface area contributed by atoms with Crippen molar-refractivity contribution in [1.29, 1.82) is 0 Å². The monoisotopic (exact) mass is 428 g/mol. The van der Waals surface area contributed by atoms with E-state index in [1.54, 1.807) is 22.8 Å². The zero-order valence-corrected chi connectivity index (χ0v) is 18.5. The minimum atomic E-state index is -0.669. The second-order valence-corrected chi connectivity index (χ2v) is 8.87. The van der Waals surface area contributed by atoms with Crippen LogP contribution in [-0.4, -0.2) is 25.8 Å². The topological polar surface area (TPSA) is 97.1 Å². The van der Waals surface area contributed by atoms with Crippen LogP contribution in [0.3, 0.4) is 0 Å². The number of nitrogens with zero attached hydrogens (tertiary/aromatic N) is 3. The molecule has 3 rings (SSSR count). The fourth-order valence-electron chi connectivity index (χ4n) is 3.41. The first-order valence-corrected chi connectivity index (χ1v) is 11.2. The summed E-state index contributed by atoms with van der Waals surface area (Å²) < 4.78 is 1.59. The molecule has 30 heavy (non-hydrogen) atoms. The maximum atomic E-state index is 13.2. The Morgan fingerprint density at radius 2 is 1.97 bits per heavy atom. The van der Waals surface area contributed by atoms with Gasteiger partial charge in [-0.2, -0.15) is 0 Å². The van der Waals surface area contributed by atoms with Crippen LogP contribution in [0.25, 0.3) is 10.9 Å². The molecule has 1 amide bonds. The number of aryl methyl sites for hydroxylation is 1. The van der Waals surface area contributed by atoms with Gasteiger partial charge < -0.3 is 9.67 Å². The van der Waals surface area contributed by atoms with E-state index >= 15 is 0 Å². The van der Waals surface area contributed by atoms with E-state index in [0.717, 1.165) is 37.1 Å². The van der Waals surface area contributed by atoms with E-state index in [1.807, 2.05) is 6.07 Å². The SMILES string of the molecule is CCCCCCn1c(=O)c(C(=O)Nc2nnc(CC(C)C)s2)c(O)c2ccccc21. The summed E-state index contributed by atoms with van der Waals surface area (Å²) in [7, 11) is 0. The van der Waals surface area contributed by atoms with Gasteiger partial charge in [-0.1, -0.05) is 63.5 Å². The highest BCUT2D eigenvalue weighted by Crippen LogP contribution is 2.27. The number of carbonyl (C=O) groups is 1. The van der Waals surface area contributed by atoms with Crippen LogP contribution in [0.5, 0.6) is 5.75 Å². The van der Waals surface area contributed by atoms with Gasteiger partial charge in [0.15, 0.2) is 0 Å². The summed E-state index contributed by atoms with van der Waals surface area (Å²) in [6.07, 6.45) is 4.79. The molecule has 2 heterocycles. The predicted octanol–water partition coefficient (Wildman–Crippen LogP) is 4.59. The quantitative estimate of drug-likeness (QED) is 0.486. The Morgan fingerprint density at radius 1 is 1.20 bits per heavy atom. The van der Waals surface area contributed by atoms with Crippen LogP contribution in [0.1, 0.15) is 61.8 Å². The molecule has 1 aromatic carbocycles. The number of pyridine rings is 1. The molecule has 2 aromatic heterocycles. The first-order valence-electron chi connectivity index (χ1n) is 10.4. The van der Waals surface area contributed by atoms with Crippen molar-refractivity contribution in [1.82, 2.24) is 14.8 Å². The summed E-state index contributed by atoms with van der Waals surface area (Å²) in [6.45, 7) is 6.79. The molecule has 8 heteroatoms. The van der Waals surface area contributed by atoms with Crippen molar-refractivity contribution in [2.75, 3.05) is 5.32 Å². The molecule has 0 fully saturated rings. The number of benzene rings is 1. The number of nitrogens with one attached hydrogen (secondary N) is 1. The van der Waals surface area contributed by atoms with Gasteiger partial charge in [0.1, 0.15) is 16.3 Å². The third-order valence-electron chi connectivity index (χ3n) is 4.88. The number of hydrogen-bond acceptors (Lipinski definition) is 6. The van der Waals surface area contributed by atoms with E-state index in [2.05, 4.69) is 36.3 Å². The van der Waals surface area contributed by atoms with Crippen LogP contribution >= 0.6 is 11.3 Å². The third-order valence-corrected chi connectivity index (χ3v) is 5.74. The van der Waals surface area contributed by atoms with Crippen LogP contribution < -0.4 is 10.9 Å². The van der Waals surface area contributed by atoms with Crippen LogP contribution in [0, 0.1) is 5.92 Å². The Kier molecular flexibility index (Phi) is 7.20. The molecular formula is C22H28N4O3S. The predicted molar refractivity (Wildman–Crippen MR) is 120 cm³/mol. The number of unbranched alkanes of at least 4 members (excludes halogenated alkanes) is 3. The molecule has 0 aliphatic carbocycles. The van der Waals surface area contributed by atoms with Gasteiger partial charge in [-0.3, -0.25) is 14.9 Å². The third kappa shape index (κ3) is 4.87. The van der Waals surface area contributed by atoms with E-state index in [4.69, 9.17) is 0 Å². The summed E-state index contributed by atoms with van der Waals surface area (Å²) in [5, 5.41) is 23.1. The first-order chi connectivity index (χ1) is 14.4. The van der Waals surface area contributed by atoms with Crippen LogP contribution in [0.4, 0.5) is 5.13 Å². The van der Waals surface area contributed by atoms with Gasteiger partial charge in [-0.25, -0.2) is 0 Å². The number of anilines is 1. The Balaban J connectivity index is 1.95. The average molecular weight is 429 g/mol. The standard InChI is InChI=1S/C22H28N4O3S/c1-4-5-6-9-12-26-16-11-8-7-10-15(16)19(27)18(21(26)29)20(28)23-22-25-24-17(30-22)13-14(2)3/h7-8,10-11,14,27H,4-6,9,12-13H2,1-3H3,(H,23,25,28). The van der Waals surface area contributed by atoms with E-state index in [9.17, 15) is 14.7 Å². The van der Waals surface area contributed by atoms with Gasteiger partial charge in [0.05, 0.1) is 5.52 Å². The maximum absolute atomic E-state index is 13.2.